The second kappa shape index (κ2) is 5.72. The number of hydrogen-bond acceptors (Lipinski definition) is 5. The summed E-state index contributed by atoms with van der Waals surface area (Å²) in [5, 5.41) is 0. The molecule has 4 fully saturated rings. The summed E-state index contributed by atoms with van der Waals surface area (Å²) in [7, 11) is 1.77. The molecule has 4 saturated heterocycles. The monoisotopic (exact) mass is 381 g/mol. The van der Waals surface area contributed by atoms with Crippen molar-refractivity contribution in [2.24, 2.45) is 13.0 Å². The molecule has 5 heterocycles. The number of halogens is 1. The van der Waals surface area contributed by atoms with E-state index in [1.807, 2.05) is 18.2 Å². The lowest BCUT2D eigenvalue weighted by Crippen LogP contribution is -2.61. The molecule has 0 radical (unpaired) electrons. The van der Waals surface area contributed by atoms with Gasteiger partial charge in [0.05, 0.1) is 16.8 Å². The third kappa shape index (κ3) is 2.40. The molecule has 8 heteroatoms. The van der Waals surface area contributed by atoms with E-state index in [2.05, 4.69) is 4.90 Å². The summed E-state index contributed by atoms with van der Waals surface area (Å²) < 4.78 is 8.46. The molecule has 6 rings (SSSR count). The predicted molar refractivity (Wildman–Crippen MR) is 100 cm³/mol. The van der Waals surface area contributed by atoms with Gasteiger partial charge in [-0.15, -0.1) is 12.4 Å². The average molecular weight is 382 g/mol. The number of hydrogen-bond donors (Lipinski definition) is 0. The van der Waals surface area contributed by atoms with Gasteiger partial charge in [0.2, 0.25) is 0 Å². The number of aryl methyl sites for hydroxylation is 1. The van der Waals surface area contributed by atoms with E-state index < -0.39 is 0 Å². The van der Waals surface area contributed by atoms with Gasteiger partial charge < -0.3 is 9.30 Å². The van der Waals surface area contributed by atoms with Crippen molar-refractivity contribution >= 4 is 45.7 Å². The number of amides is 1. The minimum Gasteiger partial charge on any atom is -0.439 e. The molecule has 0 saturated carbocycles. The summed E-state index contributed by atoms with van der Waals surface area (Å²) in [6.45, 7) is 3.70. The van der Waals surface area contributed by atoms with E-state index in [0.29, 0.717) is 12.5 Å². The second-order valence-electron chi connectivity index (χ2n) is 7.15. The highest BCUT2D eigenvalue weighted by molar-refractivity contribution is 7.16. The summed E-state index contributed by atoms with van der Waals surface area (Å²) in [4.78, 5) is 28.6. The van der Waals surface area contributed by atoms with Crippen LogP contribution in [0.2, 0.25) is 0 Å². The van der Waals surface area contributed by atoms with Crippen LogP contribution >= 0.6 is 23.7 Å². The van der Waals surface area contributed by atoms with Crippen LogP contribution in [0.25, 0.3) is 10.2 Å². The molecule has 4 aliphatic heterocycles. The van der Waals surface area contributed by atoms with Crippen molar-refractivity contribution in [3.63, 3.8) is 0 Å². The molecule has 1 atom stereocenters. The highest BCUT2D eigenvalue weighted by Crippen LogP contribution is 2.43. The van der Waals surface area contributed by atoms with Gasteiger partial charge in [-0.3, -0.25) is 14.6 Å². The van der Waals surface area contributed by atoms with Crippen LogP contribution in [-0.2, 0) is 11.8 Å². The van der Waals surface area contributed by atoms with E-state index in [1.165, 1.54) is 11.3 Å². The average Bonchev–Trinajstić information content (AvgIpc) is 3.05. The van der Waals surface area contributed by atoms with E-state index in [9.17, 15) is 9.59 Å². The maximum atomic E-state index is 12.6. The molecule has 25 heavy (non-hydrogen) atoms. The van der Waals surface area contributed by atoms with Crippen molar-refractivity contribution in [3.8, 4) is 0 Å². The van der Waals surface area contributed by atoms with Gasteiger partial charge in [0.25, 0.3) is 0 Å². The van der Waals surface area contributed by atoms with E-state index in [4.69, 9.17) is 4.74 Å². The lowest BCUT2D eigenvalue weighted by Gasteiger charge is -2.49. The van der Waals surface area contributed by atoms with Gasteiger partial charge in [-0.1, -0.05) is 11.3 Å². The normalized spacial score (nSPS) is 30.8. The van der Waals surface area contributed by atoms with Crippen LogP contribution < -0.4 is 9.77 Å². The zero-order chi connectivity index (χ0) is 16.5. The molecule has 1 aromatic heterocycles. The largest absolute Gasteiger partial charge is 0.439 e. The molecule has 0 aliphatic carbocycles. The third-order valence-corrected chi connectivity index (χ3v) is 6.84. The van der Waals surface area contributed by atoms with Crippen LogP contribution in [0.5, 0.6) is 0 Å². The Kier molecular flexibility index (Phi) is 3.86. The number of rotatable bonds is 1. The minimum atomic E-state index is -0.355. The van der Waals surface area contributed by atoms with E-state index in [1.54, 1.807) is 16.5 Å². The molecule has 6 nitrogen and oxygen atoms in total. The Labute approximate surface area is 155 Å². The van der Waals surface area contributed by atoms with Gasteiger partial charge in [-0.25, -0.2) is 4.79 Å². The molecule has 1 amide bonds. The number of anilines is 1. The SMILES string of the molecule is Cl.Cn1c(=O)sc2cc(N3C[C@@]4(CN5CCC4CC5)OC3=O)ccc21. The highest BCUT2D eigenvalue weighted by Gasteiger charge is 2.55. The van der Waals surface area contributed by atoms with Crippen LogP contribution in [0.3, 0.4) is 0 Å². The number of fused-ring (bicyclic) bond motifs is 3. The summed E-state index contributed by atoms with van der Waals surface area (Å²) >= 11 is 1.21. The number of ether oxygens (including phenoxy) is 1. The maximum Gasteiger partial charge on any atom is 0.415 e. The number of carbonyl (C=O) groups excluding carboxylic acids is 1. The quantitative estimate of drug-likeness (QED) is 0.761. The first-order chi connectivity index (χ1) is 11.6. The third-order valence-electron chi connectivity index (χ3n) is 5.85. The lowest BCUT2D eigenvalue weighted by atomic mass is 9.75. The van der Waals surface area contributed by atoms with Gasteiger partial charge >= 0.3 is 11.0 Å². The van der Waals surface area contributed by atoms with E-state index in [0.717, 1.165) is 48.4 Å². The number of piperidine rings is 3. The standard InChI is InChI=1S/C17H19N3O3S.ClH/c1-18-13-3-2-12(8-14(13)24-16(18)22)20-10-17(23-15(20)21)9-19-6-4-11(17)5-7-19;/h2-3,8,11H,4-7,9-10H2,1H3;1H/t17-;/m1./s1. The second-order valence-corrected chi connectivity index (χ2v) is 8.14. The molecular formula is C17H20ClN3O3S. The van der Waals surface area contributed by atoms with Crippen molar-refractivity contribution < 1.29 is 9.53 Å². The van der Waals surface area contributed by atoms with Crippen molar-refractivity contribution in [2.75, 3.05) is 31.1 Å². The Balaban J connectivity index is 0.00000157. The number of benzene rings is 1. The van der Waals surface area contributed by atoms with Gasteiger partial charge in [-0.05, 0) is 44.1 Å². The van der Waals surface area contributed by atoms with Crippen molar-refractivity contribution in [1.82, 2.24) is 9.47 Å². The summed E-state index contributed by atoms with van der Waals surface area (Å²) in [5.74, 6) is 0.466. The number of nitrogens with zero attached hydrogens (tertiary/aromatic N) is 3. The van der Waals surface area contributed by atoms with E-state index >= 15 is 0 Å². The predicted octanol–water partition coefficient (Wildman–Crippen LogP) is 2.44. The summed E-state index contributed by atoms with van der Waals surface area (Å²) in [6.07, 6.45) is 1.97. The van der Waals surface area contributed by atoms with Gasteiger partial charge in [0.15, 0.2) is 0 Å². The molecule has 4 aliphatic rings. The Morgan fingerprint density at radius 1 is 1.20 bits per heavy atom. The summed E-state index contributed by atoms with van der Waals surface area (Å²) in [5.41, 5.74) is 1.37. The zero-order valence-corrected chi connectivity index (χ0v) is 15.6. The number of aromatic nitrogens is 1. The van der Waals surface area contributed by atoms with Crippen LogP contribution in [0.15, 0.2) is 23.0 Å². The molecule has 1 spiro atoms. The Hall–Kier alpha value is -1.57. The topological polar surface area (TPSA) is 54.8 Å². The first kappa shape index (κ1) is 16.9. The fourth-order valence-electron chi connectivity index (χ4n) is 4.50. The van der Waals surface area contributed by atoms with Gasteiger partial charge in [-0.2, -0.15) is 0 Å². The van der Waals surface area contributed by atoms with Crippen LogP contribution in [0.1, 0.15) is 12.8 Å². The fourth-order valence-corrected chi connectivity index (χ4v) is 5.41. The van der Waals surface area contributed by atoms with Gasteiger partial charge in [0.1, 0.15) is 5.60 Å². The van der Waals surface area contributed by atoms with Crippen LogP contribution in [0.4, 0.5) is 10.5 Å². The van der Waals surface area contributed by atoms with E-state index in [-0.39, 0.29) is 29.0 Å². The molecule has 2 bridgehead atoms. The molecule has 2 aromatic rings. The van der Waals surface area contributed by atoms with Crippen molar-refractivity contribution in [2.45, 2.75) is 18.4 Å². The maximum absolute atomic E-state index is 12.6. The Morgan fingerprint density at radius 2 is 1.96 bits per heavy atom. The molecule has 0 unspecified atom stereocenters. The Bertz CT molecular complexity index is 902. The molecule has 134 valence electrons. The highest BCUT2D eigenvalue weighted by atomic mass is 35.5. The number of thiazole rings is 1. The van der Waals surface area contributed by atoms with Gasteiger partial charge in [0, 0.05) is 25.2 Å². The van der Waals surface area contributed by atoms with Crippen molar-refractivity contribution in [1.29, 1.82) is 0 Å². The summed E-state index contributed by atoms with van der Waals surface area (Å²) in [6, 6.07) is 5.76. The lowest BCUT2D eigenvalue weighted by molar-refractivity contribution is -0.0881. The zero-order valence-electron chi connectivity index (χ0n) is 13.9. The Morgan fingerprint density at radius 3 is 2.64 bits per heavy atom. The minimum absolute atomic E-state index is 0. The van der Waals surface area contributed by atoms with Crippen LogP contribution in [0, 0.1) is 5.92 Å². The number of carbonyl (C=O) groups is 1. The first-order valence-corrected chi connectivity index (χ1v) is 9.20. The fraction of sp³-hybridized carbons (Fsp3) is 0.529. The smallest absolute Gasteiger partial charge is 0.415 e. The van der Waals surface area contributed by atoms with Crippen LogP contribution in [-0.4, -0.2) is 47.3 Å². The first-order valence-electron chi connectivity index (χ1n) is 8.38. The molecule has 0 N–H and O–H groups in total. The van der Waals surface area contributed by atoms with Crippen molar-refractivity contribution in [3.05, 3.63) is 27.9 Å². The molecule has 1 aromatic carbocycles. The molecular weight excluding hydrogens is 362 g/mol.